The summed E-state index contributed by atoms with van der Waals surface area (Å²) in [4.78, 5) is 5.22. The van der Waals surface area contributed by atoms with Gasteiger partial charge < -0.3 is 5.32 Å². The monoisotopic (exact) mass is 297 g/mol. The molecule has 0 aliphatic rings. The SMILES string of the molecule is CCNC(C)c1ccc(SCc2ccnc(C#N)c2)cc1. The lowest BCUT2D eigenvalue weighted by molar-refractivity contribution is 0.598. The lowest BCUT2D eigenvalue weighted by Gasteiger charge is -2.13. The van der Waals surface area contributed by atoms with Crippen molar-refractivity contribution in [2.75, 3.05) is 6.54 Å². The molecular weight excluding hydrogens is 278 g/mol. The second-order valence-corrected chi connectivity index (χ2v) is 5.85. The molecule has 2 rings (SSSR count). The van der Waals surface area contributed by atoms with Crippen LogP contribution in [0, 0.1) is 11.3 Å². The first-order valence-corrected chi connectivity index (χ1v) is 8.02. The molecule has 1 aromatic carbocycles. The molecule has 1 unspecified atom stereocenters. The van der Waals surface area contributed by atoms with E-state index in [-0.39, 0.29) is 0 Å². The zero-order valence-corrected chi connectivity index (χ0v) is 13.2. The Balaban J connectivity index is 1.96. The number of thioether (sulfide) groups is 1. The maximum absolute atomic E-state index is 8.85. The van der Waals surface area contributed by atoms with Gasteiger partial charge >= 0.3 is 0 Å². The standard InChI is InChI=1S/C17H19N3S/c1-3-19-13(2)15-4-6-17(7-5-15)21-12-14-8-9-20-16(10-14)11-18/h4-10,13,19H,3,12H2,1-2H3. The smallest absolute Gasteiger partial charge is 0.140 e. The molecule has 0 fully saturated rings. The molecule has 0 spiro atoms. The fourth-order valence-corrected chi connectivity index (χ4v) is 2.91. The molecule has 1 heterocycles. The Bertz CT molecular complexity index is 617. The van der Waals surface area contributed by atoms with E-state index in [1.54, 1.807) is 18.0 Å². The van der Waals surface area contributed by atoms with E-state index in [9.17, 15) is 0 Å². The summed E-state index contributed by atoms with van der Waals surface area (Å²) in [7, 11) is 0. The van der Waals surface area contributed by atoms with Crippen LogP contribution in [0.4, 0.5) is 0 Å². The molecule has 0 saturated heterocycles. The van der Waals surface area contributed by atoms with Crippen molar-refractivity contribution in [3.05, 3.63) is 59.4 Å². The minimum absolute atomic E-state index is 0.382. The first-order valence-electron chi connectivity index (χ1n) is 7.04. The largest absolute Gasteiger partial charge is 0.310 e. The lowest BCUT2D eigenvalue weighted by atomic mass is 10.1. The van der Waals surface area contributed by atoms with Crippen molar-refractivity contribution >= 4 is 11.8 Å². The predicted octanol–water partition coefficient (Wildman–Crippen LogP) is 3.92. The van der Waals surface area contributed by atoms with Gasteiger partial charge in [-0.1, -0.05) is 19.1 Å². The summed E-state index contributed by atoms with van der Waals surface area (Å²) in [6.07, 6.45) is 1.69. The summed E-state index contributed by atoms with van der Waals surface area (Å²) in [5.41, 5.74) is 2.90. The highest BCUT2D eigenvalue weighted by molar-refractivity contribution is 7.98. The average Bonchev–Trinajstić information content (AvgIpc) is 2.54. The molecule has 0 radical (unpaired) electrons. The molecule has 2 aromatic rings. The van der Waals surface area contributed by atoms with Crippen molar-refractivity contribution in [1.29, 1.82) is 5.26 Å². The minimum atomic E-state index is 0.382. The number of nitriles is 1. The lowest BCUT2D eigenvalue weighted by Crippen LogP contribution is -2.17. The molecule has 1 aromatic heterocycles. The fraction of sp³-hybridized carbons (Fsp3) is 0.294. The molecule has 0 aliphatic heterocycles. The molecule has 0 aliphatic carbocycles. The first kappa shape index (κ1) is 15.6. The van der Waals surface area contributed by atoms with Crippen molar-refractivity contribution in [1.82, 2.24) is 10.3 Å². The molecular formula is C17H19N3S. The third-order valence-electron chi connectivity index (χ3n) is 3.23. The molecule has 0 bridgehead atoms. The number of rotatable bonds is 6. The van der Waals surface area contributed by atoms with Crippen LogP contribution in [0.3, 0.4) is 0 Å². The molecule has 0 saturated carbocycles. The number of benzene rings is 1. The van der Waals surface area contributed by atoms with Gasteiger partial charge in [0, 0.05) is 22.9 Å². The fourth-order valence-electron chi connectivity index (χ4n) is 2.07. The van der Waals surface area contributed by atoms with E-state index in [1.807, 2.05) is 12.1 Å². The van der Waals surface area contributed by atoms with E-state index in [0.717, 1.165) is 17.9 Å². The van der Waals surface area contributed by atoms with E-state index < -0.39 is 0 Å². The van der Waals surface area contributed by atoms with Gasteiger partial charge in [-0.3, -0.25) is 0 Å². The van der Waals surface area contributed by atoms with Crippen LogP contribution in [0.25, 0.3) is 0 Å². The highest BCUT2D eigenvalue weighted by Gasteiger charge is 2.04. The minimum Gasteiger partial charge on any atom is -0.310 e. The Morgan fingerprint density at radius 2 is 2.05 bits per heavy atom. The number of pyridine rings is 1. The highest BCUT2D eigenvalue weighted by atomic mass is 32.2. The highest BCUT2D eigenvalue weighted by Crippen LogP contribution is 2.24. The molecule has 3 nitrogen and oxygen atoms in total. The normalized spacial score (nSPS) is 11.9. The number of hydrogen-bond acceptors (Lipinski definition) is 4. The summed E-state index contributed by atoms with van der Waals surface area (Å²) >= 11 is 1.77. The van der Waals surface area contributed by atoms with E-state index >= 15 is 0 Å². The maximum Gasteiger partial charge on any atom is 0.140 e. The second kappa shape index (κ2) is 7.82. The third kappa shape index (κ3) is 4.59. The Morgan fingerprint density at radius 1 is 1.29 bits per heavy atom. The molecule has 4 heteroatoms. The van der Waals surface area contributed by atoms with Crippen LogP contribution in [-0.2, 0) is 5.75 Å². The first-order chi connectivity index (χ1) is 10.2. The molecule has 21 heavy (non-hydrogen) atoms. The van der Waals surface area contributed by atoms with Crippen molar-refractivity contribution in [2.24, 2.45) is 0 Å². The van der Waals surface area contributed by atoms with Crippen molar-refractivity contribution in [3.63, 3.8) is 0 Å². The van der Waals surface area contributed by atoms with Crippen molar-refractivity contribution in [2.45, 2.75) is 30.5 Å². The molecule has 1 N–H and O–H groups in total. The number of nitrogens with zero attached hydrogens (tertiary/aromatic N) is 2. The number of aromatic nitrogens is 1. The van der Waals surface area contributed by atoms with Gasteiger partial charge in [0.15, 0.2) is 0 Å². The summed E-state index contributed by atoms with van der Waals surface area (Å²) in [6.45, 7) is 5.26. The Hall–Kier alpha value is -1.83. The van der Waals surface area contributed by atoms with Gasteiger partial charge in [-0.15, -0.1) is 11.8 Å². The quantitative estimate of drug-likeness (QED) is 0.821. The van der Waals surface area contributed by atoms with Crippen molar-refractivity contribution < 1.29 is 0 Å². The summed E-state index contributed by atoms with van der Waals surface area (Å²) in [5.74, 6) is 0.847. The van der Waals surface area contributed by atoms with Gasteiger partial charge in [0.1, 0.15) is 11.8 Å². The van der Waals surface area contributed by atoms with Crippen molar-refractivity contribution in [3.8, 4) is 6.07 Å². The summed E-state index contributed by atoms with van der Waals surface area (Å²) in [6, 6.07) is 14.9. The van der Waals surface area contributed by atoms with Crippen LogP contribution >= 0.6 is 11.8 Å². The van der Waals surface area contributed by atoms with Gasteiger partial charge in [-0.05, 0) is 48.9 Å². The zero-order chi connectivity index (χ0) is 15.1. The summed E-state index contributed by atoms with van der Waals surface area (Å²) < 4.78 is 0. The predicted molar refractivity (Wildman–Crippen MR) is 87.0 cm³/mol. The van der Waals surface area contributed by atoms with E-state index in [0.29, 0.717) is 11.7 Å². The van der Waals surface area contributed by atoms with Gasteiger partial charge in [0.25, 0.3) is 0 Å². The van der Waals surface area contributed by atoms with Crippen LogP contribution in [0.15, 0.2) is 47.5 Å². The van der Waals surface area contributed by atoms with Crippen LogP contribution in [0.5, 0.6) is 0 Å². The van der Waals surface area contributed by atoms with Crippen LogP contribution in [0.1, 0.15) is 36.7 Å². The van der Waals surface area contributed by atoms with Gasteiger partial charge in [-0.25, -0.2) is 4.98 Å². The average molecular weight is 297 g/mol. The van der Waals surface area contributed by atoms with Crippen LogP contribution in [0.2, 0.25) is 0 Å². The Morgan fingerprint density at radius 3 is 2.71 bits per heavy atom. The van der Waals surface area contributed by atoms with E-state index in [2.05, 4.69) is 54.5 Å². The van der Waals surface area contributed by atoms with E-state index in [4.69, 9.17) is 5.26 Å². The zero-order valence-electron chi connectivity index (χ0n) is 12.3. The van der Waals surface area contributed by atoms with Gasteiger partial charge in [-0.2, -0.15) is 5.26 Å². The maximum atomic E-state index is 8.85. The Labute approximate surface area is 130 Å². The molecule has 0 amide bonds. The third-order valence-corrected chi connectivity index (χ3v) is 4.32. The number of hydrogen-bond donors (Lipinski definition) is 1. The van der Waals surface area contributed by atoms with Gasteiger partial charge in [0.2, 0.25) is 0 Å². The molecule has 1 atom stereocenters. The Kier molecular flexibility index (Phi) is 5.79. The van der Waals surface area contributed by atoms with E-state index in [1.165, 1.54) is 10.5 Å². The van der Waals surface area contributed by atoms with Crippen LogP contribution in [-0.4, -0.2) is 11.5 Å². The number of nitrogens with one attached hydrogen (secondary N) is 1. The van der Waals surface area contributed by atoms with Gasteiger partial charge in [0.05, 0.1) is 0 Å². The topological polar surface area (TPSA) is 48.7 Å². The van der Waals surface area contributed by atoms with Crippen LogP contribution < -0.4 is 5.32 Å². The summed E-state index contributed by atoms with van der Waals surface area (Å²) in [5, 5.41) is 12.3. The second-order valence-electron chi connectivity index (χ2n) is 4.80. The molecule has 108 valence electrons.